The molecule has 0 amide bonds. The van der Waals surface area contributed by atoms with E-state index in [0.717, 1.165) is 19.3 Å². The molecule has 0 aliphatic carbocycles. The highest BCUT2D eigenvalue weighted by molar-refractivity contribution is 7.81. The molecule has 0 aliphatic heterocycles. The molecule has 0 fully saturated rings. The maximum atomic E-state index is 13.5. The molecular formula is C18H29O4P. The lowest BCUT2D eigenvalue weighted by atomic mass is 10.2. The van der Waals surface area contributed by atoms with E-state index in [9.17, 15) is 9.36 Å². The Bertz CT molecular complexity index is 544. The van der Waals surface area contributed by atoms with Crippen LogP contribution in [0, 0.1) is 5.92 Å². The lowest BCUT2D eigenvalue weighted by molar-refractivity contribution is 0.106. The molecule has 0 bridgehead atoms. The predicted molar refractivity (Wildman–Crippen MR) is 95.6 cm³/mol. The van der Waals surface area contributed by atoms with Crippen molar-refractivity contribution in [2.75, 3.05) is 26.5 Å². The van der Waals surface area contributed by atoms with Crippen molar-refractivity contribution in [3.05, 3.63) is 23.8 Å². The van der Waals surface area contributed by atoms with Crippen LogP contribution in [0.3, 0.4) is 0 Å². The van der Waals surface area contributed by atoms with E-state index in [0.29, 0.717) is 35.3 Å². The number of unbranched alkanes of at least 4 members (excludes halogenated alkanes) is 1. The normalized spacial score (nSPS) is 13.7. The van der Waals surface area contributed by atoms with E-state index < -0.39 is 7.14 Å². The van der Waals surface area contributed by atoms with Gasteiger partial charge in [0, 0.05) is 12.3 Å². The first-order chi connectivity index (χ1) is 10.9. The first-order valence-electron chi connectivity index (χ1n) is 8.23. The van der Waals surface area contributed by atoms with Crippen molar-refractivity contribution in [3.63, 3.8) is 0 Å². The van der Waals surface area contributed by atoms with Crippen molar-refractivity contribution in [1.82, 2.24) is 0 Å². The average molecular weight is 340 g/mol. The summed E-state index contributed by atoms with van der Waals surface area (Å²) in [6, 6.07) is 5.18. The minimum atomic E-state index is -2.98. The maximum absolute atomic E-state index is 13.5. The molecule has 1 unspecified atom stereocenters. The van der Waals surface area contributed by atoms with Gasteiger partial charge in [-0.15, -0.1) is 0 Å². The van der Waals surface area contributed by atoms with Crippen LogP contribution in [0.1, 0.15) is 50.4 Å². The number of carbonyl (C=O) groups is 1. The molecule has 1 rings (SSSR count). The van der Waals surface area contributed by atoms with Crippen LogP contribution in [0.25, 0.3) is 0 Å². The second-order valence-corrected chi connectivity index (χ2v) is 9.29. The van der Waals surface area contributed by atoms with Gasteiger partial charge in [-0.1, -0.05) is 33.3 Å². The zero-order valence-corrected chi connectivity index (χ0v) is 15.8. The van der Waals surface area contributed by atoms with Crippen molar-refractivity contribution >= 4 is 12.7 Å². The summed E-state index contributed by atoms with van der Waals surface area (Å²) in [5, 5.41) is 0. The summed E-state index contributed by atoms with van der Waals surface area (Å²) in [4.78, 5) is 13.1. The summed E-state index contributed by atoms with van der Waals surface area (Å²) in [5.41, 5.74) is 0.0154. The molecule has 0 radical (unpaired) electrons. The highest BCUT2D eigenvalue weighted by Crippen LogP contribution is 2.53. The molecule has 5 heteroatoms. The van der Waals surface area contributed by atoms with Crippen LogP contribution in [-0.2, 0) is 4.57 Å². The quantitative estimate of drug-likeness (QED) is 0.559. The number of methoxy groups -OCH3 is 2. The van der Waals surface area contributed by atoms with Crippen LogP contribution in [0.2, 0.25) is 0 Å². The van der Waals surface area contributed by atoms with E-state index in [2.05, 4.69) is 13.8 Å². The third-order valence-corrected chi connectivity index (χ3v) is 6.94. The fourth-order valence-corrected chi connectivity index (χ4v) is 5.48. The van der Waals surface area contributed by atoms with Crippen molar-refractivity contribution in [2.45, 2.75) is 40.0 Å². The molecule has 1 aromatic carbocycles. The van der Waals surface area contributed by atoms with Gasteiger partial charge in [0.1, 0.15) is 17.1 Å². The summed E-state index contributed by atoms with van der Waals surface area (Å²) in [6.07, 6.45) is 3.39. The predicted octanol–water partition coefficient (Wildman–Crippen LogP) is 5.05. The number of ether oxygens (including phenoxy) is 2. The van der Waals surface area contributed by atoms with Gasteiger partial charge < -0.3 is 14.0 Å². The van der Waals surface area contributed by atoms with E-state index >= 15 is 0 Å². The Morgan fingerprint density at radius 1 is 1.13 bits per heavy atom. The Morgan fingerprint density at radius 2 is 1.70 bits per heavy atom. The highest BCUT2D eigenvalue weighted by Gasteiger charge is 2.35. The molecule has 1 atom stereocenters. The Hall–Kier alpha value is -1.28. The summed E-state index contributed by atoms with van der Waals surface area (Å²) in [6.45, 7) is 6.21. The fourth-order valence-electron chi connectivity index (χ4n) is 2.46. The van der Waals surface area contributed by atoms with Crippen molar-refractivity contribution < 1.29 is 18.8 Å². The topological polar surface area (TPSA) is 52.6 Å². The van der Waals surface area contributed by atoms with Crippen molar-refractivity contribution in [3.8, 4) is 11.5 Å². The molecule has 23 heavy (non-hydrogen) atoms. The summed E-state index contributed by atoms with van der Waals surface area (Å²) in [5.74, 6) is 1.27. The van der Waals surface area contributed by atoms with E-state index in [4.69, 9.17) is 9.47 Å². The van der Waals surface area contributed by atoms with E-state index in [1.807, 2.05) is 6.92 Å². The van der Waals surface area contributed by atoms with Crippen molar-refractivity contribution in [2.24, 2.45) is 5.92 Å². The summed E-state index contributed by atoms with van der Waals surface area (Å²) >= 11 is 0. The minimum absolute atomic E-state index is 0.305. The molecule has 1 aromatic rings. The standard InChI is InChI=1S/C18H29O4P/c1-6-7-12-23(20,13-11-14(2)3)18(19)17-15(21-4)9-8-10-16(17)22-5/h8-10,14H,6-7,11-13H2,1-5H3. The van der Waals surface area contributed by atoms with E-state index in [1.54, 1.807) is 18.2 Å². The molecular weight excluding hydrogens is 311 g/mol. The Morgan fingerprint density at radius 3 is 2.13 bits per heavy atom. The van der Waals surface area contributed by atoms with E-state index in [-0.39, 0.29) is 5.52 Å². The van der Waals surface area contributed by atoms with Gasteiger partial charge in [-0.3, -0.25) is 4.79 Å². The molecule has 0 saturated carbocycles. The van der Waals surface area contributed by atoms with Gasteiger partial charge in [-0.2, -0.15) is 0 Å². The highest BCUT2D eigenvalue weighted by atomic mass is 31.2. The zero-order chi connectivity index (χ0) is 17.5. The molecule has 0 saturated heterocycles. The smallest absolute Gasteiger partial charge is 0.228 e. The van der Waals surface area contributed by atoms with Gasteiger partial charge in [0.05, 0.1) is 14.2 Å². The van der Waals surface area contributed by atoms with Gasteiger partial charge in [-0.25, -0.2) is 0 Å². The number of benzene rings is 1. The maximum Gasteiger partial charge on any atom is 0.228 e. The van der Waals surface area contributed by atoms with Crippen LogP contribution in [0.4, 0.5) is 0 Å². The molecule has 130 valence electrons. The number of hydrogen-bond donors (Lipinski definition) is 0. The zero-order valence-electron chi connectivity index (χ0n) is 14.9. The third kappa shape index (κ3) is 5.10. The van der Waals surface area contributed by atoms with Crippen molar-refractivity contribution in [1.29, 1.82) is 0 Å². The number of carbonyl (C=O) groups excluding carboxylic acids is 1. The largest absolute Gasteiger partial charge is 0.496 e. The van der Waals surface area contributed by atoms with Gasteiger partial charge in [0.2, 0.25) is 5.52 Å². The first-order valence-corrected chi connectivity index (χ1v) is 10.3. The Balaban J connectivity index is 3.26. The molecule has 0 N–H and O–H groups in total. The summed E-state index contributed by atoms with van der Waals surface area (Å²) < 4.78 is 24.1. The Labute approximate surface area is 139 Å². The van der Waals surface area contributed by atoms with Gasteiger partial charge in [0.25, 0.3) is 0 Å². The lowest BCUT2D eigenvalue weighted by Gasteiger charge is -2.20. The van der Waals surface area contributed by atoms with Crippen LogP contribution >= 0.6 is 7.14 Å². The van der Waals surface area contributed by atoms with Gasteiger partial charge in [-0.05, 0) is 30.9 Å². The van der Waals surface area contributed by atoms with Crippen LogP contribution in [-0.4, -0.2) is 32.1 Å². The Kier molecular flexibility index (Phi) is 7.84. The van der Waals surface area contributed by atoms with Gasteiger partial charge >= 0.3 is 0 Å². The number of hydrogen-bond acceptors (Lipinski definition) is 4. The molecule has 0 heterocycles. The molecule has 0 spiro atoms. The van der Waals surface area contributed by atoms with Gasteiger partial charge in [0.15, 0.2) is 7.14 Å². The van der Waals surface area contributed by atoms with Crippen LogP contribution in [0.15, 0.2) is 18.2 Å². The second-order valence-electron chi connectivity index (χ2n) is 6.22. The van der Waals surface area contributed by atoms with E-state index in [1.165, 1.54) is 14.2 Å². The van der Waals surface area contributed by atoms with Crippen LogP contribution < -0.4 is 9.47 Å². The lowest BCUT2D eigenvalue weighted by Crippen LogP contribution is -2.12. The first kappa shape index (κ1) is 19.8. The third-order valence-electron chi connectivity index (χ3n) is 3.95. The summed E-state index contributed by atoms with van der Waals surface area (Å²) in [7, 11) is 0.0393. The monoisotopic (exact) mass is 340 g/mol. The minimum Gasteiger partial charge on any atom is -0.496 e. The molecule has 4 nitrogen and oxygen atoms in total. The fraction of sp³-hybridized carbons (Fsp3) is 0.611. The SMILES string of the molecule is CCCCP(=O)(CCC(C)C)C(=O)c1c(OC)cccc1OC. The molecule has 0 aliphatic rings. The molecule has 0 aromatic heterocycles. The van der Waals surface area contributed by atoms with Crippen LogP contribution in [0.5, 0.6) is 11.5 Å². The number of rotatable bonds is 10. The second kappa shape index (κ2) is 9.12. The average Bonchev–Trinajstić information content (AvgIpc) is 2.56.